The van der Waals surface area contributed by atoms with E-state index in [2.05, 4.69) is 50.5 Å². The lowest BCUT2D eigenvalue weighted by Crippen LogP contribution is -2.23. The Morgan fingerprint density at radius 1 is 1.18 bits per heavy atom. The maximum Gasteiger partial charge on any atom is 0.282 e. The van der Waals surface area contributed by atoms with Gasteiger partial charge >= 0.3 is 0 Å². The second kappa shape index (κ2) is 11.3. The van der Waals surface area contributed by atoms with Crippen LogP contribution in [0.2, 0.25) is 0 Å². The molecule has 196 valence electrons. The molecule has 0 unspecified atom stereocenters. The highest BCUT2D eigenvalue weighted by Crippen LogP contribution is 2.36. The number of aromatic nitrogens is 2. The van der Waals surface area contributed by atoms with Gasteiger partial charge in [-0.05, 0) is 82.6 Å². The molecule has 0 fully saturated rings. The van der Waals surface area contributed by atoms with Crippen molar-refractivity contribution >= 4 is 55.6 Å². The molecule has 1 aliphatic rings. The van der Waals surface area contributed by atoms with Gasteiger partial charge in [-0.3, -0.25) is 4.79 Å². The molecule has 0 amide bonds. The van der Waals surface area contributed by atoms with Crippen LogP contribution < -0.4 is 24.5 Å². The third-order valence-corrected chi connectivity index (χ3v) is 7.58. The first kappa shape index (κ1) is 26.5. The monoisotopic (exact) mass is 689 g/mol. The van der Waals surface area contributed by atoms with E-state index >= 15 is 0 Å². The number of benzene rings is 3. The van der Waals surface area contributed by atoms with Gasteiger partial charge in [0.2, 0.25) is 6.79 Å². The summed E-state index contributed by atoms with van der Waals surface area (Å²) in [6, 6.07) is 15.0. The average Bonchev–Trinajstić information content (AvgIpc) is 3.39. The predicted octanol–water partition coefficient (Wildman–Crippen LogP) is 6.48. The first-order valence-corrected chi connectivity index (χ1v) is 13.9. The molecule has 0 radical (unpaired) electrons. The number of fused-ring (bicyclic) bond motifs is 2. The molecule has 38 heavy (non-hydrogen) atoms. The molecule has 0 aliphatic carbocycles. The Bertz CT molecular complexity index is 1600. The topological polar surface area (TPSA) is 84.2 Å². The molecule has 1 atom stereocenters. The number of nitrogens with zero attached hydrogens (tertiary/aromatic N) is 3. The van der Waals surface area contributed by atoms with Gasteiger partial charge in [0.25, 0.3) is 5.56 Å². The molecule has 4 aromatic rings. The van der Waals surface area contributed by atoms with E-state index in [0.717, 1.165) is 31.3 Å². The Morgan fingerprint density at radius 3 is 2.79 bits per heavy atom. The molecule has 3 aromatic carbocycles. The van der Waals surface area contributed by atoms with E-state index in [4.69, 9.17) is 23.9 Å². The second-order valence-corrected chi connectivity index (χ2v) is 10.9. The quantitative estimate of drug-likeness (QED) is 0.156. The number of methoxy groups -OCH3 is 1. The van der Waals surface area contributed by atoms with E-state index in [1.54, 1.807) is 19.4 Å². The number of ether oxygens (including phenoxy) is 4. The van der Waals surface area contributed by atoms with Crippen molar-refractivity contribution in [3.05, 3.63) is 83.9 Å². The second-order valence-electron chi connectivity index (χ2n) is 8.81. The molecule has 1 aromatic heterocycles. The number of hydrogen-bond acceptors (Lipinski definition) is 7. The van der Waals surface area contributed by atoms with Crippen molar-refractivity contribution in [2.24, 2.45) is 5.10 Å². The lowest BCUT2D eigenvalue weighted by atomic mass is 10.1. The zero-order valence-corrected chi connectivity index (χ0v) is 24.8. The van der Waals surface area contributed by atoms with E-state index in [0.29, 0.717) is 40.6 Å². The third kappa shape index (κ3) is 5.37. The van der Waals surface area contributed by atoms with Crippen molar-refractivity contribution in [2.45, 2.75) is 32.8 Å². The fourth-order valence-corrected chi connectivity index (χ4v) is 5.19. The van der Waals surface area contributed by atoms with E-state index in [9.17, 15) is 4.79 Å². The van der Waals surface area contributed by atoms with Crippen molar-refractivity contribution in [3.8, 4) is 23.0 Å². The van der Waals surface area contributed by atoms with Gasteiger partial charge in [-0.25, -0.2) is 4.98 Å². The van der Waals surface area contributed by atoms with Crippen molar-refractivity contribution in [1.29, 1.82) is 0 Å². The van der Waals surface area contributed by atoms with Crippen LogP contribution in [-0.4, -0.2) is 29.8 Å². The van der Waals surface area contributed by atoms with Crippen molar-refractivity contribution in [2.75, 3.05) is 13.9 Å². The Hall–Kier alpha value is -3.12. The lowest BCUT2D eigenvalue weighted by Gasteiger charge is -2.15. The minimum atomic E-state index is -0.215. The molecular formula is C28H25BrIN3O5. The van der Waals surface area contributed by atoms with Crippen LogP contribution in [0.15, 0.2) is 62.9 Å². The minimum absolute atomic E-state index is 0.0505. The maximum atomic E-state index is 13.4. The highest BCUT2D eigenvalue weighted by molar-refractivity contribution is 14.1. The van der Waals surface area contributed by atoms with Gasteiger partial charge in [0, 0.05) is 10.4 Å². The third-order valence-electron chi connectivity index (χ3n) is 6.28. The highest BCUT2D eigenvalue weighted by atomic mass is 127. The van der Waals surface area contributed by atoms with Crippen LogP contribution in [0.5, 0.6) is 23.0 Å². The fraction of sp³-hybridized carbons (Fsp3) is 0.250. The lowest BCUT2D eigenvalue weighted by molar-refractivity contribution is 0.174. The molecule has 0 saturated heterocycles. The Balaban J connectivity index is 1.45. The van der Waals surface area contributed by atoms with Gasteiger partial charge in [-0.15, -0.1) is 0 Å². The molecule has 0 spiro atoms. The van der Waals surface area contributed by atoms with Crippen LogP contribution in [0.3, 0.4) is 0 Å². The normalized spacial score (nSPS) is 13.3. The molecule has 8 nitrogen and oxygen atoms in total. The Kier molecular flexibility index (Phi) is 7.89. The molecule has 10 heteroatoms. The number of halogens is 2. The summed E-state index contributed by atoms with van der Waals surface area (Å²) in [5.74, 6) is 3.30. The number of hydrogen-bond donors (Lipinski definition) is 0. The maximum absolute atomic E-state index is 13.4. The van der Waals surface area contributed by atoms with Gasteiger partial charge in [0.15, 0.2) is 23.0 Å². The van der Waals surface area contributed by atoms with Crippen LogP contribution in [0, 0.1) is 3.57 Å². The molecule has 0 N–H and O–H groups in total. The van der Waals surface area contributed by atoms with Gasteiger partial charge < -0.3 is 18.9 Å². The van der Waals surface area contributed by atoms with E-state index in [1.165, 1.54) is 4.68 Å². The highest BCUT2D eigenvalue weighted by Gasteiger charge is 2.17. The predicted molar refractivity (Wildman–Crippen MR) is 158 cm³/mol. The number of rotatable bonds is 8. The van der Waals surface area contributed by atoms with E-state index < -0.39 is 0 Å². The van der Waals surface area contributed by atoms with Gasteiger partial charge in [-0.1, -0.05) is 35.8 Å². The van der Waals surface area contributed by atoms with Crippen LogP contribution in [-0.2, 0) is 6.61 Å². The van der Waals surface area contributed by atoms with Gasteiger partial charge in [-0.2, -0.15) is 9.78 Å². The smallest absolute Gasteiger partial charge is 0.282 e. The summed E-state index contributed by atoms with van der Waals surface area (Å²) in [5, 5.41) is 5.08. The summed E-state index contributed by atoms with van der Waals surface area (Å²) in [4.78, 5) is 18.2. The first-order chi connectivity index (χ1) is 18.4. The fourth-order valence-electron chi connectivity index (χ4n) is 4.04. The summed E-state index contributed by atoms with van der Waals surface area (Å²) < 4.78 is 25.6. The van der Waals surface area contributed by atoms with Crippen LogP contribution >= 0.6 is 38.5 Å². The van der Waals surface area contributed by atoms with E-state index in [-0.39, 0.29) is 18.3 Å². The zero-order valence-electron chi connectivity index (χ0n) is 21.0. The minimum Gasteiger partial charge on any atom is -0.493 e. The molecule has 0 bridgehead atoms. The van der Waals surface area contributed by atoms with Gasteiger partial charge in [0.05, 0.1) is 27.8 Å². The summed E-state index contributed by atoms with van der Waals surface area (Å²) in [5.41, 5.74) is 2.15. The summed E-state index contributed by atoms with van der Waals surface area (Å²) in [7, 11) is 1.59. The van der Waals surface area contributed by atoms with E-state index in [1.807, 2.05) is 49.4 Å². The largest absolute Gasteiger partial charge is 0.493 e. The molecule has 2 heterocycles. The Morgan fingerprint density at radius 2 is 2.00 bits per heavy atom. The standard InChI is InChI=1S/C28H25BrIN3O5/c1-4-16(2)27-32-22-7-6-19(29)12-20(22)28(34)33(27)31-13-18-9-21(30)26(25(11-18)35-3)36-14-17-5-8-23-24(10-17)38-15-37-23/h5-13,16H,4,14-15H2,1-3H3/t16-/m1/s1. The SMILES string of the molecule is CC[C@@H](C)c1nc2ccc(Br)cc2c(=O)n1N=Cc1cc(I)c(OCc2ccc3c(c2)OCO3)c(OC)c1. The van der Waals surface area contributed by atoms with Crippen molar-refractivity contribution in [3.63, 3.8) is 0 Å². The molecule has 0 saturated carbocycles. The Labute approximate surface area is 241 Å². The van der Waals surface area contributed by atoms with Crippen LogP contribution in [0.4, 0.5) is 0 Å². The molecule has 5 rings (SSSR count). The first-order valence-electron chi connectivity index (χ1n) is 12.0. The summed E-state index contributed by atoms with van der Waals surface area (Å²) >= 11 is 5.66. The molecule has 1 aliphatic heterocycles. The molecular weight excluding hydrogens is 665 g/mol. The van der Waals surface area contributed by atoms with Gasteiger partial charge in [0.1, 0.15) is 12.4 Å². The summed E-state index contributed by atoms with van der Waals surface area (Å²) in [6.45, 7) is 4.66. The summed E-state index contributed by atoms with van der Waals surface area (Å²) in [6.07, 6.45) is 2.47. The van der Waals surface area contributed by atoms with Crippen LogP contribution in [0.1, 0.15) is 43.1 Å². The van der Waals surface area contributed by atoms with Crippen LogP contribution in [0.25, 0.3) is 10.9 Å². The van der Waals surface area contributed by atoms with Crippen molar-refractivity contribution < 1.29 is 18.9 Å². The zero-order chi connectivity index (χ0) is 26.8. The van der Waals surface area contributed by atoms with Crippen molar-refractivity contribution in [1.82, 2.24) is 9.66 Å². The average molecular weight is 690 g/mol.